The number of terminal acetylenes is 1. The van der Waals surface area contributed by atoms with Crippen LogP contribution < -0.4 is 5.32 Å². The third-order valence-corrected chi connectivity index (χ3v) is 2.20. The van der Waals surface area contributed by atoms with E-state index in [-0.39, 0.29) is 11.9 Å². The maximum absolute atomic E-state index is 11.6. The van der Waals surface area contributed by atoms with Crippen LogP contribution in [-0.2, 0) is 11.2 Å². The van der Waals surface area contributed by atoms with Gasteiger partial charge in [0.25, 0.3) is 0 Å². The molecule has 1 aromatic rings. The van der Waals surface area contributed by atoms with Crippen LogP contribution in [-0.4, -0.2) is 16.9 Å². The summed E-state index contributed by atoms with van der Waals surface area (Å²) in [5.41, 5.74) is 0.896. The van der Waals surface area contributed by atoms with Crippen LogP contribution >= 0.6 is 0 Å². The first-order valence-electron chi connectivity index (χ1n) is 5.40. The molecule has 3 nitrogen and oxygen atoms in total. The molecule has 0 bridgehead atoms. The molecule has 0 radical (unpaired) electrons. The van der Waals surface area contributed by atoms with Gasteiger partial charge in [-0.25, -0.2) is 0 Å². The molecule has 0 aromatic carbocycles. The molecule has 1 unspecified atom stereocenters. The normalized spacial score (nSPS) is 11.5. The lowest BCUT2D eigenvalue weighted by Gasteiger charge is -2.11. The zero-order chi connectivity index (χ0) is 11.8. The summed E-state index contributed by atoms with van der Waals surface area (Å²) in [7, 11) is 0. The number of aromatic nitrogens is 1. The number of amides is 1. The smallest absolute Gasteiger partial charge is 0.225 e. The quantitative estimate of drug-likeness (QED) is 0.759. The van der Waals surface area contributed by atoms with Crippen molar-refractivity contribution in [3.05, 3.63) is 30.1 Å². The molecule has 1 heterocycles. The zero-order valence-electron chi connectivity index (χ0n) is 9.44. The second kappa shape index (κ2) is 6.62. The second-order valence-electron chi connectivity index (χ2n) is 3.61. The van der Waals surface area contributed by atoms with Gasteiger partial charge in [0.2, 0.25) is 5.91 Å². The molecule has 0 spiro atoms. The van der Waals surface area contributed by atoms with Crippen molar-refractivity contribution in [3.63, 3.8) is 0 Å². The van der Waals surface area contributed by atoms with Gasteiger partial charge in [0.1, 0.15) is 0 Å². The van der Waals surface area contributed by atoms with Crippen LogP contribution in [0.1, 0.15) is 25.3 Å². The Morgan fingerprint density at radius 3 is 3.06 bits per heavy atom. The highest BCUT2D eigenvalue weighted by Gasteiger charge is 2.08. The van der Waals surface area contributed by atoms with Gasteiger partial charge in [-0.3, -0.25) is 9.78 Å². The van der Waals surface area contributed by atoms with E-state index in [1.807, 2.05) is 19.1 Å². The maximum Gasteiger partial charge on any atom is 0.225 e. The summed E-state index contributed by atoms with van der Waals surface area (Å²) in [4.78, 5) is 15.6. The average molecular weight is 216 g/mol. The Kier molecular flexibility index (Phi) is 5.07. The maximum atomic E-state index is 11.6. The van der Waals surface area contributed by atoms with Crippen molar-refractivity contribution in [2.75, 3.05) is 0 Å². The van der Waals surface area contributed by atoms with E-state index >= 15 is 0 Å². The average Bonchev–Trinajstić information content (AvgIpc) is 2.29. The highest BCUT2D eigenvalue weighted by atomic mass is 16.1. The lowest BCUT2D eigenvalue weighted by atomic mass is 10.1. The van der Waals surface area contributed by atoms with Crippen LogP contribution in [0.15, 0.2) is 24.5 Å². The lowest BCUT2D eigenvalue weighted by Crippen LogP contribution is -2.34. The van der Waals surface area contributed by atoms with Gasteiger partial charge >= 0.3 is 0 Å². The molecular formula is C13H16N2O. The molecule has 0 saturated heterocycles. The van der Waals surface area contributed by atoms with E-state index in [2.05, 4.69) is 16.2 Å². The van der Waals surface area contributed by atoms with Gasteiger partial charge in [-0.1, -0.05) is 25.3 Å². The van der Waals surface area contributed by atoms with Crippen LogP contribution in [0.25, 0.3) is 0 Å². The third kappa shape index (κ3) is 4.14. The molecule has 1 amide bonds. The molecule has 3 heteroatoms. The molecule has 1 N–H and O–H groups in total. The topological polar surface area (TPSA) is 42.0 Å². The minimum absolute atomic E-state index is 0.0515. The Labute approximate surface area is 96.3 Å². The first kappa shape index (κ1) is 12.3. The number of carbonyl (C=O) groups excluding carboxylic acids is 1. The van der Waals surface area contributed by atoms with Crippen LogP contribution in [0.3, 0.4) is 0 Å². The van der Waals surface area contributed by atoms with E-state index in [1.165, 1.54) is 0 Å². The number of nitrogens with zero attached hydrogens (tertiary/aromatic N) is 1. The molecule has 0 aliphatic heterocycles. The Morgan fingerprint density at radius 1 is 1.69 bits per heavy atom. The van der Waals surface area contributed by atoms with Crippen molar-refractivity contribution in [1.82, 2.24) is 10.3 Å². The molecule has 84 valence electrons. The van der Waals surface area contributed by atoms with Crippen LogP contribution in [0.4, 0.5) is 0 Å². The van der Waals surface area contributed by atoms with Gasteiger partial charge in [0.15, 0.2) is 0 Å². The van der Waals surface area contributed by atoms with E-state index in [4.69, 9.17) is 6.42 Å². The number of rotatable bonds is 5. The summed E-state index contributed by atoms with van der Waals surface area (Å²) in [5.74, 6) is 2.52. The summed E-state index contributed by atoms with van der Waals surface area (Å²) in [6.07, 6.45) is 10.8. The van der Waals surface area contributed by atoms with Gasteiger partial charge in [0.05, 0.1) is 12.5 Å². The van der Waals surface area contributed by atoms with E-state index < -0.39 is 0 Å². The fourth-order valence-electron chi connectivity index (χ4n) is 1.42. The minimum Gasteiger partial charge on any atom is -0.342 e. The zero-order valence-corrected chi connectivity index (χ0v) is 9.44. The summed E-state index contributed by atoms with van der Waals surface area (Å²) in [6, 6.07) is 3.53. The van der Waals surface area contributed by atoms with Crippen LogP contribution in [0.5, 0.6) is 0 Å². The molecular weight excluding hydrogens is 200 g/mol. The summed E-state index contributed by atoms with van der Waals surface area (Å²) in [5, 5.41) is 2.81. The summed E-state index contributed by atoms with van der Waals surface area (Å²) >= 11 is 0. The van der Waals surface area contributed by atoms with Crippen molar-refractivity contribution in [1.29, 1.82) is 0 Å². The fraction of sp³-hybridized carbons (Fsp3) is 0.385. The molecule has 1 rings (SSSR count). The van der Waals surface area contributed by atoms with Crippen molar-refractivity contribution in [2.45, 2.75) is 32.2 Å². The largest absolute Gasteiger partial charge is 0.342 e. The number of nitrogens with one attached hydrogen (secondary N) is 1. The second-order valence-corrected chi connectivity index (χ2v) is 3.61. The standard InChI is InChI=1S/C13H16N2O/c1-3-6-12(4-2)15-13(16)9-11-7-5-8-14-10-11/h2,5,7-8,10,12H,3,6,9H2,1H3,(H,15,16). The number of pyridine rings is 1. The van der Waals surface area contributed by atoms with Crippen molar-refractivity contribution >= 4 is 5.91 Å². The monoisotopic (exact) mass is 216 g/mol. The lowest BCUT2D eigenvalue weighted by molar-refractivity contribution is -0.120. The van der Waals surface area contributed by atoms with Crippen molar-refractivity contribution < 1.29 is 4.79 Å². The first-order chi connectivity index (χ1) is 7.76. The first-order valence-corrected chi connectivity index (χ1v) is 5.40. The highest BCUT2D eigenvalue weighted by Crippen LogP contribution is 1.99. The number of hydrogen-bond acceptors (Lipinski definition) is 2. The van der Waals surface area contributed by atoms with E-state index in [0.29, 0.717) is 6.42 Å². The molecule has 0 aliphatic carbocycles. The molecule has 0 saturated carbocycles. The van der Waals surface area contributed by atoms with Gasteiger partial charge in [0, 0.05) is 12.4 Å². The van der Waals surface area contributed by atoms with Gasteiger partial charge in [-0.15, -0.1) is 6.42 Å². The predicted molar refractivity (Wildman–Crippen MR) is 63.6 cm³/mol. The van der Waals surface area contributed by atoms with E-state index in [9.17, 15) is 4.79 Å². The van der Waals surface area contributed by atoms with Gasteiger partial charge < -0.3 is 5.32 Å². The van der Waals surface area contributed by atoms with E-state index in [1.54, 1.807) is 12.4 Å². The Morgan fingerprint density at radius 2 is 2.50 bits per heavy atom. The van der Waals surface area contributed by atoms with Gasteiger partial charge in [-0.05, 0) is 18.1 Å². The van der Waals surface area contributed by atoms with Crippen molar-refractivity contribution in [2.24, 2.45) is 0 Å². The van der Waals surface area contributed by atoms with Crippen molar-refractivity contribution in [3.8, 4) is 12.3 Å². The fourth-order valence-corrected chi connectivity index (χ4v) is 1.42. The third-order valence-electron chi connectivity index (χ3n) is 2.20. The number of hydrogen-bond donors (Lipinski definition) is 1. The highest BCUT2D eigenvalue weighted by molar-refractivity contribution is 5.79. The Balaban J connectivity index is 2.45. The molecule has 16 heavy (non-hydrogen) atoms. The molecule has 1 atom stereocenters. The van der Waals surface area contributed by atoms with Gasteiger partial charge in [-0.2, -0.15) is 0 Å². The predicted octanol–water partition coefficient (Wildman–Crippen LogP) is 1.54. The summed E-state index contributed by atoms with van der Waals surface area (Å²) in [6.45, 7) is 2.04. The minimum atomic E-state index is -0.158. The number of carbonyl (C=O) groups is 1. The van der Waals surface area contributed by atoms with Crippen LogP contribution in [0.2, 0.25) is 0 Å². The Bertz CT molecular complexity index is 367. The van der Waals surface area contributed by atoms with Crippen LogP contribution in [0, 0.1) is 12.3 Å². The van der Waals surface area contributed by atoms with E-state index in [0.717, 1.165) is 18.4 Å². The molecule has 0 fully saturated rings. The molecule has 0 aliphatic rings. The Hall–Kier alpha value is -1.82. The summed E-state index contributed by atoms with van der Waals surface area (Å²) < 4.78 is 0. The SMILES string of the molecule is C#CC(CCC)NC(=O)Cc1cccnc1. The molecule has 1 aromatic heterocycles.